The number of rotatable bonds is 2. The van der Waals surface area contributed by atoms with E-state index in [4.69, 9.17) is 10.00 Å². The van der Waals surface area contributed by atoms with Crippen LogP contribution in [0.3, 0.4) is 0 Å². The van der Waals surface area contributed by atoms with Crippen molar-refractivity contribution in [1.82, 2.24) is 4.90 Å². The summed E-state index contributed by atoms with van der Waals surface area (Å²) >= 11 is 0. The van der Waals surface area contributed by atoms with Crippen LogP contribution in [0.4, 0.5) is 4.79 Å². The van der Waals surface area contributed by atoms with Gasteiger partial charge in [-0.25, -0.2) is 4.79 Å². The number of nitriles is 1. The van der Waals surface area contributed by atoms with E-state index in [1.54, 1.807) is 4.90 Å². The molecule has 2 heterocycles. The Kier molecular flexibility index (Phi) is 2.90. The van der Waals surface area contributed by atoms with Crippen molar-refractivity contribution < 1.29 is 9.53 Å². The number of fused-ring (bicyclic) bond motifs is 2. The number of benzene rings is 1. The first-order valence-electron chi connectivity index (χ1n) is 6.61. The Hall–Kier alpha value is -2.02. The van der Waals surface area contributed by atoms with Crippen molar-refractivity contribution in [2.45, 2.75) is 31.9 Å². The van der Waals surface area contributed by atoms with Gasteiger partial charge in [0.05, 0.1) is 11.5 Å². The molecule has 4 nitrogen and oxygen atoms in total. The molecule has 2 aliphatic heterocycles. The van der Waals surface area contributed by atoms with Crippen molar-refractivity contribution in [2.24, 2.45) is 5.41 Å². The first kappa shape index (κ1) is 12.0. The summed E-state index contributed by atoms with van der Waals surface area (Å²) < 4.78 is 5.33. The lowest BCUT2D eigenvalue weighted by molar-refractivity contribution is -0.0275. The monoisotopic (exact) mass is 256 g/mol. The molecule has 0 aromatic heterocycles. The molecule has 0 radical (unpaired) electrons. The predicted molar refractivity (Wildman–Crippen MR) is 69.0 cm³/mol. The average molecular weight is 256 g/mol. The molecule has 2 saturated heterocycles. The van der Waals surface area contributed by atoms with Crippen molar-refractivity contribution in [3.8, 4) is 6.07 Å². The van der Waals surface area contributed by atoms with Crippen LogP contribution in [0.15, 0.2) is 30.3 Å². The average Bonchev–Trinajstić information content (AvgIpc) is 2.44. The second-order valence-corrected chi connectivity index (χ2v) is 5.44. The molecule has 19 heavy (non-hydrogen) atoms. The number of amides is 1. The minimum Gasteiger partial charge on any atom is -0.445 e. The fraction of sp³-hybridized carbons (Fsp3) is 0.467. The van der Waals surface area contributed by atoms with Crippen LogP contribution in [0.1, 0.15) is 24.8 Å². The topological polar surface area (TPSA) is 53.3 Å². The number of piperidine rings is 2. The fourth-order valence-electron chi connectivity index (χ4n) is 2.97. The van der Waals surface area contributed by atoms with E-state index in [9.17, 15) is 4.79 Å². The van der Waals surface area contributed by atoms with Crippen molar-refractivity contribution in [2.75, 3.05) is 6.54 Å². The molecular formula is C15H16N2O2. The minimum atomic E-state index is -0.250. The van der Waals surface area contributed by atoms with E-state index < -0.39 is 0 Å². The molecule has 1 amide bonds. The van der Waals surface area contributed by atoms with Crippen molar-refractivity contribution in [1.29, 1.82) is 5.26 Å². The second-order valence-electron chi connectivity index (χ2n) is 5.44. The quantitative estimate of drug-likeness (QED) is 0.817. The lowest BCUT2D eigenvalue weighted by Gasteiger charge is -2.53. The van der Waals surface area contributed by atoms with E-state index in [1.165, 1.54) is 0 Å². The Morgan fingerprint density at radius 2 is 2.16 bits per heavy atom. The second kappa shape index (κ2) is 4.58. The number of carbonyl (C=O) groups excluding carboxylic acids is 1. The van der Waals surface area contributed by atoms with Gasteiger partial charge in [0.15, 0.2) is 0 Å². The summed E-state index contributed by atoms with van der Waals surface area (Å²) in [5.41, 5.74) is 0.841. The van der Waals surface area contributed by atoms with Gasteiger partial charge in [-0.2, -0.15) is 5.26 Å². The summed E-state index contributed by atoms with van der Waals surface area (Å²) in [5, 5.41) is 9.08. The molecule has 1 aromatic carbocycles. The first-order chi connectivity index (χ1) is 9.22. The van der Waals surface area contributed by atoms with E-state index in [0.29, 0.717) is 13.2 Å². The van der Waals surface area contributed by atoms with Gasteiger partial charge >= 0.3 is 6.09 Å². The van der Waals surface area contributed by atoms with Crippen LogP contribution in [0.5, 0.6) is 0 Å². The summed E-state index contributed by atoms with van der Waals surface area (Å²) in [7, 11) is 0. The number of hydrogen-bond donors (Lipinski definition) is 0. The Balaban J connectivity index is 1.54. The normalized spacial score (nSPS) is 28.2. The zero-order chi connectivity index (χ0) is 13.3. The van der Waals surface area contributed by atoms with E-state index in [0.717, 1.165) is 24.8 Å². The molecule has 4 heteroatoms. The number of nitrogens with zero attached hydrogens (tertiary/aromatic N) is 2. The van der Waals surface area contributed by atoms with Gasteiger partial charge in [-0.05, 0) is 24.8 Å². The van der Waals surface area contributed by atoms with E-state index in [1.807, 2.05) is 30.3 Å². The Morgan fingerprint density at radius 3 is 2.74 bits per heavy atom. The summed E-state index contributed by atoms with van der Waals surface area (Å²) in [4.78, 5) is 13.8. The molecule has 0 unspecified atom stereocenters. The molecule has 4 rings (SSSR count). The van der Waals surface area contributed by atoms with E-state index >= 15 is 0 Å². The van der Waals surface area contributed by atoms with Crippen molar-refractivity contribution >= 4 is 6.09 Å². The number of ether oxygens (including phenoxy) is 1. The first-order valence-corrected chi connectivity index (χ1v) is 6.61. The number of carbonyl (C=O) groups is 1. The molecule has 98 valence electrons. The molecule has 3 aliphatic rings. The molecule has 1 saturated carbocycles. The van der Waals surface area contributed by atoms with E-state index in [-0.39, 0.29) is 17.6 Å². The maximum Gasteiger partial charge on any atom is 0.410 e. The largest absolute Gasteiger partial charge is 0.445 e. The van der Waals surface area contributed by atoms with E-state index in [2.05, 4.69) is 6.07 Å². The van der Waals surface area contributed by atoms with Crippen molar-refractivity contribution in [3.63, 3.8) is 0 Å². The SMILES string of the molecule is N#CC12CCN(C(=O)OCc3ccccc3)C(C1)C2. The van der Waals surface area contributed by atoms with Gasteiger partial charge in [-0.15, -0.1) is 0 Å². The third-order valence-corrected chi connectivity index (χ3v) is 4.20. The molecule has 2 bridgehead atoms. The van der Waals surface area contributed by atoms with Gasteiger partial charge < -0.3 is 9.64 Å². The lowest BCUT2D eigenvalue weighted by Crippen LogP contribution is -2.59. The van der Waals surface area contributed by atoms with Gasteiger partial charge in [-0.1, -0.05) is 30.3 Å². The highest BCUT2D eigenvalue weighted by atomic mass is 16.6. The Morgan fingerprint density at radius 1 is 1.42 bits per heavy atom. The maximum atomic E-state index is 12.0. The van der Waals surface area contributed by atoms with Crippen LogP contribution in [-0.4, -0.2) is 23.6 Å². The molecule has 3 fully saturated rings. The highest BCUT2D eigenvalue weighted by Gasteiger charge is 2.52. The third-order valence-electron chi connectivity index (χ3n) is 4.20. The highest BCUT2D eigenvalue weighted by molar-refractivity contribution is 5.68. The molecule has 1 aromatic rings. The summed E-state index contributed by atoms with van der Waals surface area (Å²) in [6, 6.07) is 12.3. The van der Waals surface area contributed by atoms with Gasteiger partial charge in [0, 0.05) is 12.6 Å². The molecular weight excluding hydrogens is 240 g/mol. The molecule has 0 atom stereocenters. The maximum absolute atomic E-state index is 12.0. The predicted octanol–water partition coefficient (Wildman–Crippen LogP) is 2.70. The Labute approximate surface area is 112 Å². The smallest absolute Gasteiger partial charge is 0.410 e. The summed E-state index contributed by atoms with van der Waals surface area (Å²) in [5.74, 6) is 0. The van der Waals surface area contributed by atoms with Gasteiger partial charge in [0.1, 0.15) is 6.61 Å². The fourth-order valence-corrected chi connectivity index (χ4v) is 2.97. The minimum absolute atomic E-state index is 0.152. The lowest BCUT2D eigenvalue weighted by atomic mass is 9.61. The van der Waals surface area contributed by atoms with Gasteiger partial charge in [0.25, 0.3) is 0 Å². The zero-order valence-corrected chi connectivity index (χ0v) is 10.7. The Bertz CT molecular complexity index is 509. The summed E-state index contributed by atoms with van der Waals surface area (Å²) in [6.07, 6.45) is 2.15. The molecule has 0 spiro atoms. The standard InChI is InChI=1S/C15H16N2O2/c16-11-15-6-7-17(13(8-15)9-15)14(18)19-10-12-4-2-1-3-5-12/h1-5,13H,6-10H2. The van der Waals surface area contributed by atoms with Crippen LogP contribution < -0.4 is 0 Å². The van der Waals surface area contributed by atoms with Crippen molar-refractivity contribution in [3.05, 3.63) is 35.9 Å². The highest BCUT2D eigenvalue weighted by Crippen LogP contribution is 2.50. The van der Waals surface area contributed by atoms with Crippen LogP contribution in [0.2, 0.25) is 0 Å². The van der Waals surface area contributed by atoms with Crippen LogP contribution in [-0.2, 0) is 11.3 Å². The van der Waals surface area contributed by atoms with Crippen LogP contribution in [0, 0.1) is 16.7 Å². The molecule has 0 N–H and O–H groups in total. The van der Waals surface area contributed by atoms with Gasteiger partial charge in [-0.3, -0.25) is 0 Å². The summed E-state index contributed by atoms with van der Waals surface area (Å²) in [6.45, 7) is 0.956. The van der Waals surface area contributed by atoms with Gasteiger partial charge in [0.2, 0.25) is 0 Å². The van der Waals surface area contributed by atoms with Crippen LogP contribution >= 0.6 is 0 Å². The van der Waals surface area contributed by atoms with Crippen LogP contribution in [0.25, 0.3) is 0 Å². The number of hydrogen-bond acceptors (Lipinski definition) is 3. The zero-order valence-electron chi connectivity index (χ0n) is 10.7. The molecule has 1 aliphatic carbocycles. The third kappa shape index (κ3) is 2.17.